The number of aryl methyl sites for hydroxylation is 1. The van der Waals surface area contributed by atoms with E-state index < -0.39 is 11.2 Å². The van der Waals surface area contributed by atoms with Crippen molar-refractivity contribution >= 4 is 17.4 Å². The number of hydrogen-bond acceptors (Lipinski definition) is 6. The highest BCUT2D eigenvalue weighted by Gasteiger charge is 2.25. The summed E-state index contributed by atoms with van der Waals surface area (Å²) in [6, 6.07) is 18.6. The second kappa shape index (κ2) is 9.62. The van der Waals surface area contributed by atoms with Gasteiger partial charge in [0.15, 0.2) is 5.69 Å². The van der Waals surface area contributed by atoms with Crippen LogP contribution in [0.4, 0.5) is 11.5 Å². The standard InChI is InChI=1S/C25H25N5O4/c1-3-29(20(31)14-19-16(2)34-24(27-19)18-12-8-5-9-13-18)21-22(26)30(25(33)28-23(21)32)15-17-10-6-4-7-11-17/h4-13H,3,14-15,26H2,1-2H3,(H,28,32,33). The number of likely N-dealkylation sites (N-methyl/N-ethyl adjacent to an activating group) is 1. The summed E-state index contributed by atoms with van der Waals surface area (Å²) in [7, 11) is 0. The van der Waals surface area contributed by atoms with Crippen molar-refractivity contribution in [1.29, 1.82) is 0 Å². The van der Waals surface area contributed by atoms with Gasteiger partial charge in [0.25, 0.3) is 5.56 Å². The zero-order chi connectivity index (χ0) is 24.2. The average Bonchev–Trinajstić information content (AvgIpc) is 3.20. The molecule has 2 aromatic carbocycles. The number of aromatic amines is 1. The van der Waals surface area contributed by atoms with Gasteiger partial charge in [0, 0.05) is 12.1 Å². The van der Waals surface area contributed by atoms with E-state index in [0.717, 1.165) is 11.1 Å². The molecule has 0 aliphatic rings. The van der Waals surface area contributed by atoms with Crippen LogP contribution in [-0.2, 0) is 17.8 Å². The minimum Gasteiger partial charge on any atom is -0.441 e. The Morgan fingerprint density at radius 1 is 1.09 bits per heavy atom. The first-order valence-corrected chi connectivity index (χ1v) is 10.9. The molecule has 2 aromatic heterocycles. The molecule has 0 bridgehead atoms. The molecule has 4 aromatic rings. The Bertz CT molecular complexity index is 1420. The van der Waals surface area contributed by atoms with Crippen molar-refractivity contribution in [2.24, 2.45) is 0 Å². The second-order valence-electron chi connectivity index (χ2n) is 7.77. The van der Waals surface area contributed by atoms with Gasteiger partial charge in [0.2, 0.25) is 11.8 Å². The van der Waals surface area contributed by atoms with Crippen molar-refractivity contribution < 1.29 is 9.21 Å². The molecule has 4 rings (SSSR count). The van der Waals surface area contributed by atoms with Gasteiger partial charge >= 0.3 is 5.69 Å². The van der Waals surface area contributed by atoms with E-state index in [2.05, 4.69) is 9.97 Å². The number of oxazole rings is 1. The number of aromatic nitrogens is 3. The van der Waals surface area contributed by atoms with Crippen LogP contribution in [0, 0.1) is 6.92 Å². The number of carbonyl (C=O) groups excluding carboxylic acids is 1. The SMILES string of the molecule is CCN(C(=O)Cc1nc(-c2ccccc2)oc1C)c1c(N)n(Cc2ccccc2)c(=O)[nH]c1=O. The summed E-state index contributed by atoms with van der Waals surface area (Å²) in [5.74, 6) is 0.465. The van der Waals surface area contributed by atoms with E-state index in [1.54, 1.807) is 13.8 Å². The number of benzene rings is 2. The minimum atomic E-state index is -0.719. The van der Waals surface area contributed by atoms with E-state index in [4.69, 9.17) is 10.2 Å². The molecular weight excluding hydrogens is 434 g/mol. The Balaban J connectivity index is 1.65. The predicted molar refractivity (Wildman–Crippen MR) is 130 cm³/mol. The van der Waals surface area contributed by atoms with Gasteiger partial charge in [0.1, 0.15) is 11.6 Å². The summed E-state index contributed by atoms with van der Waals surface area (Å²) >= 11 is 0. The Kier molecular flexibility index (Phi) is 6.44. The van der Waals surface area contributed by atoms with Gasteiger partial charge in [-0.15, -0.1) is 0 Å². The van der Waals surface area contributed by atoms with Crippen LogP contribution in [0.5, 0.6) is 0 Å². The van der Waals surface area contributed by atoms with Gasteiger partial charge in [0.05, 0.1) is 18.7 Å². The number of rotatable bonds is 7. The number of nitrogen functional groups attached to an aromatic ring is 1. The number of hydrogen-bond donors (Lipinski definition) is 2. The van der Waals surface area contributed by atoms with Crippen LogP contribution in [0.2, 0.25) is 0 Å². The third-order valence-corrected chi connectivity index (χ3v) is 5.52. The number of nitrogens with two attached hydrogens (primary N) is 1. The highest BCUT2D eigenvalue weighted by molar-refractivity contribution is 5.96. The fourth-order valence-electron chi connectivity index (χ4n) is 3.76. The highest BCUT2D eigenvalue weighted by Crippen LogP contribution is 2.23. The molecule has 0 atom stereocenters. The first kappa shape index (κ1) is 22.8. The maximum absolute atomic E-state index is 13.2. The first-order chi connectivity index (χ1) is 16.4. The van der Waals surface area contributed by atoms with Crippen LogP contribution in [0.15, 0.2) is 74.7 Å². The molecule has 0 saturated carbocycles. The zero-order valence-electron chi connectivity index (χ0n) is 18.9. The van der Waals surface area contributed by atoms with E-state index in [0.29, 0.717) is 17.3 Å². The third kappa shape index (κ3) is 4.54. The number of anilines is 2. The summed E-state index contributed by atoms with van der Waals surface area (Å²) < 4.78 is 7.00. The topological polar surface area (TPSA) is 127 Å². The number of nitrogens with one attached hydrogen (secondary N) is 1. The van der Waals surface area contributed by atoms with Gasteiger partial charge in [-0.2, -0.15) is 0 Å². The molecule has 174 valence electrons. The average molecular weight is 460 g/mol. The lowest BCUT2D eigenvalue weighted by atomic mass is 10.2. The number of H-pyrrole nitrogens is 1. The summed E-state index contributed by atoms with van der Waals surface area (Å²) in [5.41, 5.74) is 6.94. The molecule has 3 N–H and O–H groups in total. The minimum absolute atomic E-state index is 0.0625. The quantitative estimate of drug-likeness (QED) is 0.437. The van der Waals surface area contributed by atoms with E-state index in [1.165, 1.54) is 9.47 Å². The van der Waals surface area contributed by atoms with E-state index in [9.17, 15) is 14.4 Å². The van der Waals surface area contributed by atoms with Crippen molar-refractivity contribution in [1.82, 2.24) is 14.5 Å². The monoisotopic (exact) mass is 459 g/mol. The van der Waals surface area contributed by atoms with Crippen molar-refractivity contribution in [2.75, 3.05) is 17.2 Å². The second-order valence-corrected chi connectivity index (χ2v) is 7.77. The van der Waals surface area contributed by atoms with Crippen LogP contribution < -0.4 is 21.9 Å². The van der Waals surface area contributed by atoms with E-state index >= 15 is 0 Å². The lowest BCUT2D eigenvalue weighted by Gasteiger charge is -2.23. The molecule has 2 heterocycles. The van der Waals surface area contributed by atoms with Gasteiger partial charge in [-0.05, 0) is 31.5 Å². The molecule has 0 spiro atoms. The van der Waals surface area contributed by atoms with Crippen LogP contribution in [0.1, 0.15) is 23.9 Å². The fraction of sp³-hybridized carbons (Fsp3) is 0.200. The van der Waals surface area contributed by atoms with Crippen LogP contribution in [-0.4, -0.2) is 27.0 Å². The van der Waals surface area contributed by atoms with Gasteiger partial charge in [-0.1, -0.05) is 48.5 Å². The smallest absolute Gasteiger partial charge is 0.330 e. The van der Waals surface area contributed by atoms with Gasteiger partial charge in [-0.3, -0.25) is 19.1 Å². The lowest BCUT2D eigenvalue weighted by Crippen LogP contribution is -2.41. The molecule has 0 aliphatic heterocycles. The summed E-state index contributed by atoms with van der Waals surface area (Å²) in [4.78, 5) is 46.5. The summed E-state index contributed by atoms with van der Waals surface area (Å²) in [6.07, 6.45) is -0.0906. The molecule has 9 heteroatoms. The third-order valence-electron chi connectivity index (χ3n) is 5.52. The molecule has 0 unspecified atom stereocenters. The fourth-order valence-corrected chi connectivity index (χ4v) is 3.76. The Morgan fingerprint density at radius 3 is 2.38 bits per heavy atom. The van der Waals surface area contributed by atoms with Crippen molar-refractivity contribution in [3.63, 3.8) is 0 Å². The van der Waals surface area contributed by atoms with E-state index in [1.807, 2.05) is 60.7 Å². The van der Waals surface area contributed by atoms with Crippen molar-refractivity contribution in [3.05, 3.63) is 98.5 Å². The molecule has 0 fully saturated rings. The number of carbonyl (C=O) groups is 1. The van der Waals surface area contributed by atoms with Crippen LogP contribution in [0.25, 0.3) is 11.5 Å². The summed E-state index contributed by atoms with van der Waals surface area (Å²) in [5, 5.41) is 0. The molecule has 9 nitrogen and oxygen atoms in total. The highest BCUT2D eigenvalue weighted by atomic mass is 16.4. The zero-order valence-corrected chi connectivity index (χ0v) is 18.9. The molecular formula is C25H25N5O4. The van der Waals surface area contributed by atoms with Gasteiger partial charge < -0.3 is 15.1 Å². The van der Waals surface area contributed by atoms with E-state index in [-0.39, 0.29) is 36.9 Å². The van der Waals surface area contributed by atoms with Crippen LogP contribution >= 0.6 is 0 Å². The molecule has 0 aliphatic carbocycles. The van der Waals surface area contributed by atoms with Crippen molar-refractivity contribution in [2.45, 2.75) is 26.8 Å². The largest absolute Gasteiger partial charge is 0.441 e. The normalized spacial score (nSPS) is 10.9. The Hall–Kier alpha value is -4.40. The summed E-state index contributed by atoms with van der Waals surface area (Å²) in [6.45, 7) is 3.80. The maximum atomic E-state index is 13.2. The molecule has 0 saturated heterocycles. The molecule has 1 amide bonds. The number of amides is 1. The molecule has 34 heavy (non-hydrogen) atoms. The Labute approximate surface area is 195 Å². The van der Waals surface area contributed by atoms with Gasteiger partial charge in [-0.25, -0.2) is 9.78 Å². The van der Waals surface area contributed by atoms with Crippen LogP contribution in [0.3, 0.4) is 0 Å². The van der Waals surface area contributed by atoms with Crippen molar-refractivity contribution in [3.8, 4) is 11.5 Å². The predicted octanol–water partition coefficient (Wildman–Crippen LogP) is 2.73. The Morgan fingerprint density at radius 2 is 1.74 bits per heavy atom. The lowest BCUT2D eigenvalue weighted by molar-refractivity contribution is -0.118. The number of nitrogens with zero attached hydrogens (tertiary/aromatic N) is 3. The maximum Gasteiger partial charge on any atom is 0.330 e. The first-order valence-electron chi connectivity index (χ1n) is 10.9. The molecule has 0 radical (unpaired) electrons.